The van der Waals surface area contributed by atoms with E-state index < -0.39 is 0 Å². The highest BCUT2D eigenvalue weighted by atomic mass is 32.2. The van der Waals surface area contributed by atoms with E-state index in [2.05, 4.69) is 38.1 Å². The van der Waals surface area contributed by atoms with Gasteiger partial charge in [-0.2, -0.15) is 11.8 Å². The lowest BCUT2D eigenvalue weighted by molar-refractivity contribution is 0.250. The largest absolute Gasteiger partial charge is 0.396 e. The summed E-state index contributed by atoms with van der Waals surface area (Å²) in [6, 6.07) is 8.64. The van der Waals surface area contributed by atoms with Gasteiger partial charge in [0.1, 0.15) is 0 Å². The van der Waals surface area contributed by atoms with E-state index >= 15 is 0 Å². The molecule has 0 aliphatic rings. The van der Waals surface area contributed by atoms with Crippen LogP contribution in [-0.4, -0.2) is 23.2 Å². The van der Waals surface area contributed by atoms with Gasteiger partial charge in [0.25, 0.3) is 0 Å². The molecule has 0 fully saturated rings. The molecule has 0 aliphatic carbocycles. The lowest BCUT2D eigenvalue weighted by Crippen LogP contribution is -2.14. The minimum Gasteiger partial charge on any atom is -0.396 e. The molecule has 0 bridgehead atoms. The minimum atomic E-state index is 0.0943. The summed E-state index contributed by atoms with van der Waals surface area (Å²) in [6.45, 7) is 4.46. The van der Waals surface area contributed by atoms with Gasteiger partial charge in [-0.05, 0) is 29.2 Å². The number of hydrogen-bond donors (Lipinski definition) is 2. The van der Waals surface area contributed by atoms with Gasteiger partial charge in [-0.3, -0.25) is 0 Å². The molecule has 17 heavy (non-hydrogen) atoms. The maximum Gasteiger partial charge on any atom is 0.0464 e. The van der Waals surface area contributed by atoms with Crippen LogP contribution in [0.3, 0.4) is 0 Å². The molecule has 0 saturated carbocycles. The van der Waals surface area contributed by atoms with Crippen LogP contribution in [0.15, 0.2) is 24.3 Å². The quantitative estimate of drug-likeness (QED) is 0.785. The van der Waals surface area contributed by atoms with Crippen molar-refractivity contribution in [3.8, 4) is 0 Å². The number of aliphatic hydroxyl groups is 1. The van der Waals surface area contributed by atoms with Crippen LogP contribution in [0, 0.1) is 5.92 Å². The number of aryl methyl sites for hydroxylation is 1. The molecule has 1 aromatic rings. The normalized spacial score (nSPS) is 14.6. The SMILES string of the molecule is CCc1ccc(C(N)CSCC(C)CO)cc1. The summed E-state index contributed by atoms with van der Waals surface area (Å²) in [6.07, 6.45) is 1.07. The second kappa shape index (κ2) is 7.75. The fourth-order valence-electron chi connectivity index (χ4n) is 1.55. The zero-order valence-electron chi connectivity index (χ0n) is 10.7. The molecule has 0 aliphatic heterocycles. The van der Waals surface area contributed by atoms with Gasteiger partial charge in [0.15, 0.2) is 0 Å². The Morgan fingerprint density at radius 2 is 1.88 bits per heavy atom. The number of nitrogens with two attached hydrogens (primary N) is 1. The molecule has 1 aromatic carbocycles. The smallest absolute Gasteiger partial charge is 0.0464 e. The van der Waals surface area contributed by atoms with Crippen molar-refractivity contribution in [2.75, 3.05) is 18.1 Å². The van der Waals surface area contributed by atoms with E-state index in [-0.39, 0.29) is 12.6 Å². The summed E-state index contributed by atoms with van der Waals surface area (Å²) in [4.78, 5) is 0. The zero-order chi connectivity index (χ0) is 12.7. The number of hydrogen-bond acceptors (Lipinski definition) is 3. The van der Waals surface area contributed by atoms with Gasteiger partial charge >= 0.3 is 0 Å². The van der Waals surface area contributed by atoms with Gasteiger partial charge in [0, 0.05) is 18.4 Å². The maximum absolute atomic E-state index is 8.93. The molecule has 2 nitrogen and oxygen atoms in total. The summed E-state index contributed by atoms with van der Waals surface area (Å²) in [5.74, 6) is 2.24. The van der Waals surface area contributed by atoms with Crippen LogP contribution in [-0.2, 0) is 6.42 Å². The Labute approximate surface area is 109 Å². The molecular weight excluding hydrogens is 230 g/mol. The van der Waals surface area contributed by atoms with E-state index in [4.69, 9.17) is 10.8 Å². The fraction of sp³-hybridized carbons (Fsp3) is 0.571. The Balaban J connectivity index is 2.38. The van der Waals surface area contributed by atoms with Crippen molar-refractivity contribution in [2.24, 2.45) is 11.7 Å². The Morgan fingerprint density at radius 1 is 1.24 bits per heavy atom. The average molecular weight is 253 g/mol. The van der Waals surface area contributed by atoms with E-state index in [0.717, 1.165) is 17.9 Å². The third-order valence-corrected chi connectivity index (χ3v) is 4.23. The maximum atomic E-state index is 8.93. The number of thioether (sulfide) groups is 1. The van der Waals surface area contributed by atoms with Crippen LogP contribution in [0.1, 0.15) is 31.0 Å². The van der Waals surface area contributed by atoms with Gasteiger partial charge < -0.3 is 10.8 Å². The van der Waals surface area contributed by atoms with Gasteiger partial charge in [-0.25, -0.2) is 0 Å². The summed E-state index contributed by atoms with van der Waals surface area (Å²) in [7, 11) is 0. The molecule has 1 rings (SSSR count). The molecule has 0 heterocycles. The fourth-order valence-corrected chi connectivity index (χ4v) is 2.64. The first-order valence-corrected chi connectivity index (χ1v) is 7.35. The first kappa shape index (κ1) is 14.6. The lowest BCUT2D eigenvalue weighted by Gasteiger charge is -2.13. The van der Waals surface area contributed by atoms with Crippen molar-refractivity contribution >= 4 is 11.8 Å². The number of benzene rings is 1. The predicted molar refractivity (Wildman–Crippen MR) is 76.3 cm³/mol. The summed E-state index contributed by atoms with van der Waals surface area (Å²) < 4.78 is 0. The minimum absolute atomic E-state index is 0.0943. The third kappa shape index (κ3) is 5.11. The lowest BCUT2D eigenvalue weighted by atomic mass is 10.1. The molecule has 0 spiro atoms. The zero-order valence-corrected chi connectivity index (χ0v) is 11.5. The van der Waals surface area contributed by atoms with Crippen LogP contribution < -0.4 is 5.73 Å². The Hall–Kier alpha value is -0.510. The summed E-state index contributed by atoms with van der Waals surface area (Å²) >= 11 is 1.81. The van der Waals surface area contributed by atoms with E-state index in [9.17, 15) is 0 Å². The number of rotatable bonds is 7. The molecule has 0 aromatic heterocycles. The monoisotopic (exact) mass is 253 g/mol. The van der Waals surface area contributed by atoms with Crippen molar-refractivity contribution in [3.63, 3.8) is 0 Å². The highest BCUT2D eigenvalue weighted by Crippen LogP contribution is 2.18. The van der Waals surface area contributed by atoms with Gasteiger partial charge in [-0.15, -0.1) is 0 Å². The van der Waals surface area contributed by atoms with Gasteiger partial charge in [0.2, 0.25) is 0 Å². The molecule has 96 valence electrons. The Morgan fingerprint density at radius 3 is 2.41 bits per heavy atom. The van der Waals surface area contributed by atoms with Crippen molar-refractivity contribution in [1.82, 2.24) is 0 Å². The third-order valence-electron chi connectivity index (χ3n) is 2.83. The predicted octanol–water partition coefficient (Wildman–Crippen LogP) is 2.61. The second-order valence-corrected chi connectivity index (χ2v) is 5.60. The van der Waals surface area contributed by atoms with Gasteiger partial charge in [-0.1, -0.05) is 38.1 Å². The topological polar surface area (TPSA) is 46.2 Å². The summed E-state index contributed by atoms with van der Waals surface area (Å²) in [5.41, 5.74) is 8.68. The first-order valence-electron chi connectivity index (χ1n) is 6.20. The standard InChI is InChI=1S/C14H23NOS/c1-3-12-4-6-13(7-5-12)14(15)10-17-9-11(2)8-16/h4-7,11,14,16H,3,8-10,15H2,1-2H3. The second-order valence-electron chi connectivity index (χ2n) is 4.53. The summed E-state index contributed by atoms with van der Waals surface area (Å²) in [5, 5.41) is 8.93. The van der Waals surface area contributed by atoms with Crippen molar-refractivity contribution < 1.29 is 5.11 Å². The average Bonchev–Trinajstić information content (AvgIpc) is 2.38. The van der Waals surface area contributed by atoms with Crippen LogP contribution >= 0.6 is 11.8 Å². The molecule has 3 heteroatoms. The van der Waals surface area contributed by atoms with E-state index in [1.165, 1.54) is 11.1 Å². The van der Waals surface area contributed by atoms with Crippen LogP contribution in [0.5, 0.6) is 0 Å². The molecule has 3 N–H and O–H groups in total. The van der Waals surface area contributed by atoms with Crippen LogP contribution in [0.25, 0.3) is 0 Å². The van der Waals surface area contributed by atoms with Crippen molar-refractivity contribution in [1.29, 1.82) is 0 Å². The molecule has 0 radical (unpaired) electrons. The first-order chi connectivity index (χ1) is 8.17. The molecule has 0 saturated heterocycles. The van der Waals surface area contributed by atoms with Gasteiger partial charge in [0.05, 0.1) is 0 Å². The highest BCUT2D eigenvalue weighted by molar-refractivity contribution is 7.99. The Kier molecular flexibility index (Phi) is 6.63. The molecule has 2 unspecified atom stereocenters. The van der Waals surface area contributed by atoms with Crippen LogP contribution in [0.4, 0.5) is 0 Å². The Bertz CT molecular complexity index is 313. The molecular formula is C14H23NOS. The highest BCUT2D eigenvalue weighted by Gasteiger charge is 2.07. The number of aliphatic hydroxyl groups excluding tert-OH is 1. The molecule has 2 atom stereocenters. The van der Waals surface area contributed by atoms with E-state index in [1.54, 1.807) is 0 Å². The van der Waals surface area contributed by atoms with Crippen LogP contribution in [0.2, 0.25) is 0 Å². The van der Waals surface area contributed by atoms with E-state index in [0.29, 0.717) is 5.92 Å². The van der Waals surface area contributed by atoms with Crippen molar-refractivity contribution in [2.45, 2.75) is 26.3 Å². The molecule has 0 amide bonds. The van der Waals surface area contributed by atoms with Crippen molar-refractivity contribution in [3.05, 3.63) is 35.4 Å². The van der Waals surface area contributed by atoms with E-state index in [1.807, 2.05) is 11.8 Å².